The Labute approximate surface area is 518 Å². The smallest absolute Gasteiger partial charge is 0.306 e. The summed E-state index contributed by atoms with van der Waals surface area (Å²) in [5.41, 5.74) is 0. The van der Waals surface area contributed by atoms with E-state index in [0.29, 0.717) is 19.3 Å². The van der Waals surface area contributed by atoms with Gasteiger partial charge in [-0.05, 0) is 83.5 Å². The highest BCUT2D eigenvalue weighted by molar-refractivity contribution is 5.71. The summed E-state index contributed by atoms with van der Waals surface area (Å²) in [7, 11) is 0. The molecule has 0 saturated carbocycles. The van der Waals surface area contributed by atoms with Gasteiger partial charge in [-0.1, -0.05) is 352 Å². The van der Waals surface area contributed by atoms with Crippen LogP contribution in [0.4, 0.5) is 0 Å². The second-order valence-corrected chi connectivity index (χ2v) is 25.2. The van der Waals surface area contributed by atoms with E-state index < -0.39 is 6.10 Å². The van der Waals surface area contributed by atoms with Crippen LogP contribution in [0.5, 0.6) is 0 Å². The van der Waals surface area contributed by atoms with E-state index in [9.17, 15) is 14.4 Å². The fraction of sp³-hybridized carbons (Fsp3) is 0.857. The molecule has 0 rings (SSSR count). The number of ether oxygens (including phenoxy) is 3. The SMILES string of the molecule is CCCCCCC/C=C\C/C=C\C/C=C\CCCCCCCCCCC(=O)OC(COC(=O)CCCCCCC/C=C\CCCCCCCC)COC(=O)CCCCCCCCCCCCCCCCCCCCCCCCCCCCC. The molecule has 0 spiro atoms. The summed E-state index contributed by atoms with van der Waals surface area (Å²) in [6.07, 6.45) is 91.5. The predicted molar refractivity (Wildman–Crippen MR) is 362 cm³/mol. The van der Waals surface area contributed by atoms with Crippen LogP contribution in [0.3, 0.4) is 0 Å². The molecule has 0 bridgehead atoms. The number of unbranched alkanes of at least 4 members (excludes halogenated alkanes) is 50. The van der Waals surface area contributed by atoms with Gasteiger partial charge >= 0.3 is 17.9 Å². The van der Waals surface area contributed by atoms with Gasteiger partial charge in [0.05, 0.1) is 0 Å². The van der Waals surface area contributed by atoms with Crippen LogP contribution < -0.4 is 0 Å². The maximum Gasteiger partial charge on any atom is 0.306 e. The first kappa shape index (κ1) is 80.4. The number of hydrogen-bond acceptors (Lipinski definition) is 6. The zero-order valence-corrected chi connectivity index (χ0v) is 56.0. The maximum atomic E-state index is 13.0. The maximum absolute atomic E-state index is 13.0. The fourth-order valence-electron chi connectivity index (χ4n) is 11.2. The Morgan fingerprint density at radius 1 is 0.241 bits per heavy atom. The number of rotatable bonds is 69. The monoisotopic (exact) mass is 1160 g/mol. The Bertz CT molecular complexity index is 1430. The predicted octanol–water partition coefficient (Wildman–Crippen LogP) is 25.7. The van der Waals surface area contributed by atoms with Crippen molar-refractivity contribution in [2.45, 2.75) is 412 Å². The molecule has 486 valence electrons. The number of carbonyl (C=O) groups excluding carboxylic acids is 3. The van der Waals surface area contributed by atoms with Gasteiger partial charge in [-0.2, -0.15) is 0 Å². The van der Waals surface area contributed by atoms with Gasteiger partial charge in [0.1, 0.15) is 13.2 Å². The molecule has 0 aromatic carbocycles. The molecule has 0 radical (unpaired) electrons. The molecular formula is C77H142O6. The van der Waals surface area contributed by atoms with Gasteiger partial charge in [0.15, 0.2) is 6.10 Å². The highest BCUT2D eigenvalue weighted by atomic mass is 16.6. The summed E-state index contributed by atoms with van der Waals surface area (Å²) >= 11 is 0. The van der Waals surface area contributed by atoms with E-state index in [1.54, 1.807) is 0 Å². The molecule has 1 atom stereocenters. The van der Waals surface area contributed by atoms with E-state index in [4.69, 9.17) is 14.2 Å². The van der Waals surface area contributed by atoms with Gasteiger partial charge in [-0.25, -0.2) is 0 Å². The van der Waals surface area contributed by atoms with Crippen molar-refractivity contribution in [3.8, 4) is 0 Å². The summed E-state index contributed by atoms with van der Waals surface area (Å²) in [4.78, 5) is 38.5. The molecule has 0 amide bonds. The molecule has 0 aliphatic rings. The molecule has 83 heavy (non-hydrogen) atoms. The van der Waals surface area contributed by atoms with Crippen LogP contribution in [0.1, 0.15) is 406 Å². The Balaban J connectivity index is 4.27. The Hall–Kier alpha value is -2.63. The molecule has 0 fully saturated rings. The van der Waals surface area contributed by atoms with Gasteiger partial charge in [-0.3, -0.25) is 14.4 Å². The Kier molecular flexibility index (Phi) is 69.6. The molecule has 0 heterocycles. The van der Waals surface area contributed by atoms with Gasteiger partial charge in [0.25, 0.3) is 0 Å². The van der Waals surface area contributed by atoms with Crippen molar-refractivity contribution in [3.05, 3.63) is 48.6 Å². The summed E-state index contributed by atoms with van der Waals surface area (Å²) in [5.74, 6) is -0.863. The molecule has 0 aromatic rings. The second kappa shape index (κ2) is 71.8. The van der Waals surface area contributed by atoms with Crippen LogP contribution in [-0.2, 0) is 28.6 Å². The number of allylic oxidation sites excluding steroid dienone is 8. The average Bonchev–Trinajstić information content (AvgIpc) is 3.49. The third kappa shape index (κ3) is 70.0. The third-order valence-electron chi connectivity index (χ3n) is 16.8. The van der Waals surface area contributed by atoms with E-state index in [1.165, 1.54) is 283 Å². The van der Waals surface area contributed by atoms with Crippen LogP contribution in [0.15, 0.2) is 48.6 Å². The lowest BCUT2D eigenvalue weighted by Gasteiger charge is -2.18. The zero-order valence-electron chi connectivity index (χ0n) is 56.0. The molecular weight excluding hydrogens is 1020 g/mol. The Morgan fingerprint density at radius 3 is 0.687 bits per heavy atom. The average molecular weight is 1160 g/mol. The van der Waals surface area contributed by atoms with Crippen molar-refractivity contribution >= 4 is 17.9 Å². The third-order valence-corrected chi connectivity index (χ3v) is 16.8. The van der Waals surface area contributed by atoms with Crippen LogP contribution in [0.2, 0.25) is 0 Å². The molecule has 6 nitrogen and oxygen atoms in total. The van der Waals surface area contributed by atoms with Crippen LogP contribution in [0.25, 0.3) is 0 Å². The Morgan fingerprint density at radius 2 is 0.434 bits per heavy atom. The lowest BCUT2D eigenvalue weighted by Crippen LogP contribution is -2.30. The standard InChI is InChI=1S/C77H142O6/c1-4-7-10-13-16-19-22-25-28-30-32-34-36-37-38-39-41-42-44-46-49-52-55-58-61-64-67-70-76(79)82-73-74(72-81-75(78)69-66-63-60-57-54-51-48-27-24-21-18-15-12-9-6-3)83-77(80)71-68-65-62-59-56-53-50-47-45-43-40-35-33-31-29-26-23-20-17-14-11-8-5-2/h23,26-27,31,33,40,43,48,74H,4-22,24-25,28-30,32,34-39,41-42,44-47,49-73H2,1-3H3/b26-23-,33-31-,43-40-,48-27-. The molecule has 0 saturated heterocycles. The van der Waals surface area contributed by atoms with Crippen molar-refractivity contribution < 1.29 is 28.6 Å². The molecule has 1 unspecified atom stereocenters. The van der Waals surface area contributed by atoms with Crippen molar-refractivity contribution in [1.82, 2.24) is 0 Å². The van der Waals surface area contributed by atoms with Crippen molar-refractivity contribution in [3.63, 3.8) is 0 Å². The van der Waals surface area contributed by atoms with Crippen LogP contribution >= 0.6 is 0 Å². The molecule has 0 N–H and O–H groups in total. The minimum atomic E-state index is -0.781. The first-order chi connectivity index (χ1) is 41.0. The van der Waals surface area contributed by atoms with Crippen LogP contribution in [0, 0.1) is 0 Å². The minimum absolute atomic E-state index is 0.0746. The van der Waals surface area contributed by atoms with Gasteiger partial charge in [0.2, 0.25) is 0 Å². The largest absolute Gasteiger partial charge is 0.462 e. The summed E-state index contributed by atoms with van der Waals surface area (Å²) in [6.45, 7) is 6.69. The van der Waals surface area contributed by atoms with E-state index in [2.05, 4.69) is 69.4 Å². The quantitative estimate of drug-likeness (QED) is 0.0261. The number of esters is 3. The van der Waals surface area contributed by atoms with Crippen LogP contribution in [-0.4, -0.2) is 37.2 Å². The van der Waals surface area contributed by atoms with Gasteiger partial charge in [-0.15, -0.1) is 0 Å². The number of hydrogen-bond donors (Lipinski definition) is 0. The van der Waals surface area contributed by atoms with E-state index in [-0.39, 0.29) is 31.1 Å². The normalized spacial score (nSPS) is 12.3. The first-order valence-electron chi connectivity index (χ1n) is 37.1. The fourth-order valence-corrected chi connectivity index (χ4v) is 11.2. The summed E-state index contributed by atoms with van der Waals surface area (Å²) in [5, 5.41) is 0. The van der Waals surface area contributed by atoms with Crippen molar-refractivity contribution in [2.75, 3.05) is 13.2 Å². The molecule has 0 aliphatic carbocycles. The minimum Gasteiger partial charge on any atom is -0.462 e. The molecule has 0 aromatic heterocycles. The van der Waals surface area contributed by atoms with Gasteiger partial charge in [0, 0.05) is 19.3 Å². The second-order valence-electron chi connectivity index (χ2n) is 25.2. The van der Waals surface area contributed by atoms with Gasteiger partial charge < -0.3 is 14.2 Å². The molecule has 6 heteroatoms. The summed E-state index contributed by atoms with van der Waals surface area (Å²) < 4.78 is 17.0. The molecule has 0 aliphatic heterocycles. The lowest BCUT2D eigenvalue weighted by atomic mass is 10.0. The first-order valence-corrected chi connectivity index (χ1v) is 37.1. The topological polar surface area (TPSA) is 78.9 Å². The highest BCUT2D eigenvalue weighted by Gasteiger charge is 2.19. The van der Waals surface area contributed by atoms with E-state index in [0.717, 1.165) is 83.5 Å². The van der Waals surface area contributed by atoms with E-state index >= 15 is 0 Å². The van der Waals surface area contributed by atoms with E-state index in [1.807, 2.05) is 0 Å². The zero-order chi connectivity index (χ0) is 59.9. The van der Waals surface area contributed by atoms with Crippen molar-refractivity contribution in [1.29, 1.82) is 0 Å². The van der Waals surface area contributed by atoms with Crippen molar-refractivity contribution in [2.24, 2.45) is 0 Å². The number of carbonyl (C=O) groups is 3. The summed E-state index contributed by atoms with van der Waals surface area (Å²) in [6, 6.07) is 0. The highest BCUT2D eigenvalue weighted by Crippen LogP contribution is 2.19. The lowest BCUT2D eigenvalue weighted by molar-refractivity contribution is -0.167.